The summed E-state index contributed by atoms with van der Waals surface area (Å²) in [5.74, 6) is -1.41. The van der Waals surface area contributed by atoms with Gasteiger partial charge in [0.25, 0.3) is 0 Å². The fraction of sp³-hybridized carbons (Fsp3) is 0.357. The molecule has 170 valence electrons. The SMILES string of the molecule is C[N+](C)(C)CCCCCC(c1ccc(-c2cccc(-c3ccccc3)c2)cc1)C(F)(F)F. The summed E-state index contributed by atoms with van der Waals surface area (Å²) < 4.78 is 42.1. The Morgan fingerprint density at radius 3 is 1.78 bits per heavy atom. The first-order chi connectivity index (χ1) is 15.1. The number of benzene rings is 3. The van der Waals surface area contributed by atoms with Crippen molar-refractivity contribution >= 4 is 0 Å². The van der Waals surface area contributed by atoms with E-state index in [2.05, 4.69) is 39.3 Å². The highest BCUT2D eigenvalue weighted by atomic mass is 19.4. The van der Waals surface area contributed by atoms with Gasteiger partial charge in [0.1, 0.15) is 0 Å². The van der Waals surface area contributed by atoms with Crippen LogP contribution in [0.5, 0.6) is 0 Å². The first-order valence-corrected chi connectivity index (χ1v) is 11.3. The topological polar surface area (TPSA) is 0 Å². The molecule has 0 aliphatic heterocycles. The Balaban J connectivity index is 1.71. The lowest BCUT2D eigenvalue weighted by atomic mass is 9.90. The van der Waals surface area contributed by atoms with Crippen LogP contribution in [-0.2, 0) is 0 Å². The minimum absolute atomic E-state index is 0.142. The maximum Gasteiger partial charge on any atom is 0.395 e. The van der Waals surface area contributed by atoms with E-state index < -0.39 is 12.1 Å². The van der Waals surface area contributed by atoms with E-state index in [1.165, 1.54) is 0 Å². The number of hydrogen-bond acceptors (Lipinski definition) is 0. The van der Waals surface area contributed by atoms with E-state index in [1.807, 2.05) is 48.5 Å². The number of quaternary nitrogens is 1. The van der Waals surface area contributed by atoms with Crippen LogP contribution < -0.4 is 0 Å². The van der Waals surface area contributed by atoms with Gasteiger partial charge in [0.05, 0.1) is 33.6 Å². The van der Waals surface area contributed by atoms with Gasteiger partial charge in [0, 0.05) is 0 Å². The maximum absolute atomic E-state index is 13.8. The Bertz CT molecular complexity index is 970. The summed E-state index contributed by atoms with van der Waals surface area (Å²) in [7, 11) is 6.32. The molecule has 32 heavy (non-hydrogen) atoms. The van der Waals surface area contributed by atoms with Crippen LogP contribution in [-0.4, -0.2) is 38.3 Å². The molecule has 0 bridgehead atoms. The zero-order valence-electron chi connectivity index (χ0n) is 19.2. The van der Waals surface area contributed by atoms with Crippen LogP contribution in [0.3, 0.4) is 0 Å². The van der Waals surface area contributed by atoms with Crippen molar-refractivity contribution in [3.05, 3.63) is 84.4 Å². The van der Waals surface area contributed by atoms with E-state index >= 15 is 0 Å². The summed E-state index contributed by atoms with van der Waals surface area (Å²) in [6.07, 6.45) is -1.72. The molecule has 0 radical (unpaired) electrons. The number of unbranched alkanes of at least 4 members (excludes halogenated alkanes) is 2. The van der Waals surface area contributed by atoms with Crippen molar-refractivity contribution < 1.29 is 17.7 Å². The summed E-state index contributed by atoms with van der Waals surface area (Å²) in [6, 6.07) is 25.1. The third-order valence-electron chi connectivity index (χ3n) is 5.83. The fourth-order valence-electron chi connectivity index (χ4n) is 4.05. The molecule has 0 saturated carbocycles. The number of hydrogen-bond donors (Lipinski definition) is 0. The lowest BCUT2D eigenvalue weighted by molar-refractivity contribution is -0.870. The summed E-state index contributed by atoms with van der Waals surface area (Å²) in [5, 5.41) is 0. The van der Waals surface area contributed by atoms with Crippen LogP contribution in [0, 0.1) is 0 Å². The monoisotopic (exact) mass is 440 g/mol. The summed E-state index contributed by atoms with van der Waals surface area (Å²) in [4.78, 5) is 0. The molecular weight excluding hydrogens is 407 g/mol. The van der Waals surface area contributed by atoms with Gasteiger partial charge in [-0.25, -0.2) is 0 Å². The molecule has 0 spiro atoms. The van der Waals surface area contributed by atoms with E-state index in [0.29, 0.717) is 12.0 Å². The second-order valence-electron chi connectivity index (χ2n) is 9.53. The third kappa shape index (κ3) is 6.96. The molecule has 1 nitrogen and oxygen atoms in total. The molecular formula is C28H33F3N+. The second kappa shape index (κ2) is 10.4. The van der Waals surface area contributed by atoms with E-state index in [1.54, 1.807) is 12.1 Å². The molecule has 1 atom stereocenters. The molecule has 3 aromatic carbocycles. The third-order valence-corrected chi connectivity index (χ3v) is 5.83. The number of halogens is 3. The standard InChI is InChI=1S/C28H33F3N/c1-32(2,3)20-9-5-8-15-27(28(29,30)31)24-18-16-23(17-19-24)26-14-10-13-25(21-26)22-11-6-4-7-12-22/h4,6-7,10-14,16-19,21,27H,5,8-9,15,20H2,1-3H3/q+1. The first kappa shape index (κ1) is 24.1. The molecule has 0 amide bonds. The minimum atomic E-state index is -4.23. The maximum atomic E-state index is 13.8. The van der Waals surface area contributed by atoms with Crippen molar-refractivity contribution in [2.75, 3.05) is 27.7 Å². The van der Waals surface area contributed by atoms with E-state index in [-0.39, 0.29) is 6.42 Å². The molecule has 4 heteroatoms. The fourth-order valence-corrected chi connectivity index (χ4v) is 4.05. The van der Waals surface area contributed by atoms with Gasteiger partial charge in [-0.15, -0.1) is 0 Å². The van der Waals surface area contributed by atoms with Crippen LogP contribution in [0.15, 0.2) is 78.9 Å². The molecule has 0 aliphatic rings. The Kier molecular flexibility index (Phi) is 7.78. The van der Waals surface area contributed by atoms with E-state index in [9.17, 15) is 13.2 Å². The molecule has 0 heterocycles. The van der Waals surface area contributed by atoms with Crippen molar-refractivity contribution in [3.8, 4) is 22.3 Å². The molecule has 0 aromatic heterocycles. The van der Waals surface area contributed by atoms with E-state index in [4.69, 9.17) is 0 Å². The van der Waals surface area contributed by atoms with Gasteiger partial charge in [-0.3, -0.25) is 0 Å². The van der Waals surface area contributed by atoms with Gasteiger partial charge < -0.3 is 4.48 Å². The van der Waals surface area contributed by atoms with Crippen molar-refractivity contribution in [3.63, 3.8) is 0 Å². The summed E-state index contributed by atoms with van der Waals surface area (Å²) >= 11 is 0. The average Bonchev–Trinajstić information content (AvgIpc) is 2.75. The molecule has 0 saturated heterocycles. The quantitative estimate of drug-likeness (QED) is 0.234. The van der Waals surface area contributed by atoms with Crippen LogP contribution in [0.25, 0.3) is 22.3 Å². The second-order valence-corrected chi connectivity index (χ2v) is 9.53. The molecule has 3 rings (SSSR count). The highest BCUT2D eigenvalue weighted by Gasteiger charge is 2.40. The zero-order chi connectivity index (χ0) is 23.2. The van der Waals surface area contributed by atoms with Gasteiger partial charge in [-0.05, 0) is 53.1 Å². The predicted octanol–water partition coefficient (Wildman–Crippen LogP) is 7.93. The Morgan fingerprint density at radius 1 is 0.656 bits per heavy atom. The average molecular weight is 441 g/mol. The minimum Gasteiger partial charge on any atom is -0.331 e. The van der Waals surface area contributed by atoms with Crippen LogP contribution in [0.1, 0.15) is 37.2 Å². The Morgan fingerprint density at radius 2 is 1.22 bits per heavy atom. The van der Waals surface area contributed by atoms with Gasteiger partial charge in [-0.2, -0.15) is 13.2 Å². The van der Waals surface area contributed by atoms with E-state index in [0.717, 1.165) is 46.1 Å². The summed E-state index contributed by atoms with van der Waals surface area (Å²) in [5.41, 5.74) is 4.49. The van der Waals surface area contributed by atoms with Crippen molar-refractivity contribution in [2.24, 2.45) is 0 Å². The Hall–Kier alpha value is -2.59. The normalized spacial score (nSPS) is 13.2. The molecule has 0 N–H and O–H groups in total. The lowest BCUT2D eigenvalue weighted by Gasteiger charge is -2.24. The van der Waals surface area contributed by atoms with Crippen LogP contribution >= 0.6 is 0 Å². The highest BCUT2D eigenvalue weighted by molar-refractivity contribution is 5.73. The van der Waals surface area contributed by atoms with Gasteiger partial charge in [-0.1, -0.05) is 79.2 Å². The number of nitrogens with zero attached hydrogens (tertiary/aromatic N) is 1. The number of rotatable bonds is 9. The first-order valence-electron chi connectivity index (χ1n) is 11.3. The molecule has 3 aromatic rings. The van der Waals surface area contributed by atoms with Crippen LogP contribution in [0.2, 0.25) is 0 Å². The van der Waals surface area contributed by atoms with Gasteiger partial charge in [0.2, 0.25) is 0 Å². The lowest BCUT2D eigenvalue weighted by Crippen LogP contribution is -2.35. The van der Waals surface area contributed by atoms with Crippen molar-refractivity contribution in [1.82, 2.24) is 0 Å². The molecule has 1 unspecified atom stereocenters. The van der Waals surface area contributed by atoms with Gasteiger partial charge in [0.15, 0.2) is 0 Å². The molecule has 0 aliphatic carbocycles. The smallest absolute Gasteiger partial charge is 0.331 e. The largest absolute Gasteiger partial charge is 0.395 e. The van der Waals surface area contributed by atoms with Crippen molar-refractivity contribution in [1.29, 1.82) is 0 Å². The van der Waals surface area contributed by atoms with Crippen LogP contribution in [0.4, 0.5) is 13.2 Å². The molecule has 0 fully saturated rings. The predicted molar refractivity (Wildman–Crippen MR) is 127 cm³/mol. The van der Waals surface area contributed by atoms with Gasteiger partial charge >= 0.3 is 6.18 Å². The number of alkyl halides is 3. The Labute approximate surface area is 190 Å². The van der Waals surface area contributed by atoms with Crippen molar-refractivity contribution in [2.45, 2.75) is 37.8 Å². The highest BCUT2D eigenvalue weighted by Crippen LogP contribution is 2.39. The zero-order valence-corrected chi connectivity index (χ0v) is 19.2. The summed E-state index contributed by atoms with van der Waals surface area (Å²) in [6.45, 7) is 0.980.